The Morgan fingerprint density at radius 3 is 2.11 bits per heavy atom. The van der Waals surface area contributed by atoms with Gasteiger partial charge < -0.3 is 10.2 Å². The summed E-state index contributed by atoms with van der Waals surface area (Å²) in [7, 11) is -4.27. The maximum absolute atomic E-state index is 14.6. The number of hydrogen-bond donors (Lipinski definition) is 1. The summed E-state index contributed by atoms with van der Waals surface area (Å²) in [6.07, 6.45) is 4.06. The van der Waals surface area contributed by atoms with Gasteiger partial charge in [-0.3, -0.25) is 13.9 Å². The van der Waals surface area contributed by atoms with E-state index in [1.165, 1.54) is 35.2 Å². The molecule has 1 N–H and O–H groups in total. The number of rotatable bonds is 12. The van der Waals surface area contributed by atoms with E-state index in [-0.39, 0.29) is 40.5 Å². The molecule has 1 fully saturated rings. The Balaban J connectivity index is 1.57. The molecule has 240 valence electrons. The Kier molecular flexibility index (Phi) is 11.4. The molecule has 0 aliphatic heterocycles. The molecule has 1 aliphatic carbocycles. The number of anilines is 1. The van der Waals surface area contributed by atoms with Crippen molar-refractivity contribution in [1.82, 2.24) is 10.2 Å². The molecular weight excluding hydrogens is 709 g/mol. The van der Waals surface area contributed by atoms with Crippen molar-refractivity contribution >= 4 is 66.7 Å². The lowest BCUT2D eigenvalue weighted by Crippen LogP contribution is -2.54. The summed E-state index contributed by atoms with van der Waals surface area (Å²) >= 11 is 16.2. The third kappa shape index (κ3) is 8.50. The smallest absolute Gasteiger partial charge is 0.264 e. The molecule has 0 heterocycles. The van der Waals surface area contributed by atoms with E-state index in [2.05, 4.69) is 21.2 Å². The van der Waals surface area contributed by atoms with E-state index in [1.807, 2.05) is 54.6 Å². The number of carbonyl (C=O) groups is 2. The quantitative estimate of drug-likeness (QED) is 0.162. The van der Waals surface area contributed by atoms with E-state index in [1.54, 1.807) is 18.2 Å². The average Bonchev–Trinajstić information content (AvgIpc) is 3.56. The van der Waals surface area contributed by atoms with Gasteiger partial charge >= 0.3 is 0 Å². The van der Waals surface area contributed by atoms with Gasteiger partial charge in [-0.1, -0.05) is 113 Å². The molecule has 1 atom stereocenters. The van der Waals surface area contributed by atoms with Gasteiger partial charge in [0.2, 0.25) is 11.8 Å². The van der Waals surface area contributed by atoms with Crippen molar-refractivity contribution < 1.29 is 18.0 Å². The monoisotopic (exact) mass is 741 g/mol. The Morgan fingerprint density at radius 1 is 0.848 bits per heavy atom. The molecule has 0 saturated heterocycles. The topological polar surface area (TPSA) is 86.8 Å². The molecule has 1 saturated carbocycles. The van der Waals surface area contributed by atoms with Crippen LogP contribution < -0.4 is 9.62 Å². The minimum absolute atomic E-state index is 0.00640. The summed E-state index contributed by atoms with van der Waals surface area (Å²) in [6, 6.07) is 28.4. The first-order chi connectivity index (χ1) is 22.1. The molecule has 0 bridgehead atoms. The van der Waals surface area contributed by atoms with Crippen molar-refractivity contribution in [3.8, 4) is 0 Å². The molecule has 0 aromatic heterocycles. The highest BCUT2D eigenvalue weighted by atomic mass is 79.9. The number of hydrogen-bond acceptors (Lipinski definition) is 4. The summed E-state index contributed by atoms with van der Waals surface area (Å²) < 4.78 is 30.1. The molecule has 1 aliphatic rings. The van der Waals surface area contributed by atoms with Gasteiger partial charge in [-0.2, -0.15) is 0 Å². The zero-order valence-corrected chi connectivity index (χ0v) is 28.9. The van der Waals surface area contributed by atoms with Gasteiger partial charge in [-0.15, -0.1) is 0 Å². The summed E-state index contributed by atoms with van der Waals surface area (Å²) in [4.78, 5) is 30.1. The second-order valence-corrected chi connectivity index (χ2v) is 14.9. The predicted molar refractivity (Wildman–Crippen MR) is 186 cm³/mol. The first-order valence-electron chi connectivity index (χ1n) is 15.0. The minimum atomic E-state index is -4.27. The van der Waals surface area contributed by atoms with E-state index in [0.29, 0.717) is 5.02 Å². The number of halogens is 3. The number of sulfonamides is 1. The number of benzene rings is 4. The van der Waals surface area contributed by atoms with Crippen LogP contribution >= 0.6 is 39.1 Å². The van der Waals surface area contributed by atoms with Crippen LogP contribution in [0.2, 0.25) is 10.0 Å². The number of carbonyl (C=O) groups excluding carboxylic acids is 2. The molecule has 2 amide bonds. The fourth-order valence-corrected chi connectivity index (χ4v) is 7.90. The predicted octanol–water partition coefficient (Wildman–Crippen LogP) is 7.65. The summed E-state index contributed by atoms with van der Waals surface area (Å²) in [5.41, 5.74) is 1.75. The van der Waals surface area contributed by atoms with Gasteiger partial charge in [0.05, 0.1) is 15.6 Å². The van der Waals surface area contributed by atoms with E-state index in [9.17, 15) is 18.0 Å². The van der Waals surface area contributed by atoms with Gasteiger partial charge in [-0.25, -0.2) is 8.42 Å². The van der Waals surface area contributed by atoms with Crippen LogP contribution in [0.4, 0.5) is 5.69 Å². The number of nitrogens with zero attached hydrogens (tertiary/aromatic N) is 2. The van der Waals surface area contributed by atoms with Crippen LogP contribution in [0.15, 0.2) is 112 Å². The minimum Gasteiger partial charge on any atom is -0.352 e. The largest absolute Gasteiger partial charge is 0.352 e. The first kappa shape index (κ1) is 34.0. The van der Waals surface area contributed by atoms with Crippen molar-refractivity contribution in [3.05, 3.63) is 129 Å². The normalized spacial score (nSPS) is 14.1. The van der Waals surface area contributed by atoms with E-state index in [0.717, 1.165) is 45.6 Å². The Morgan fingerprint density at radius 2 is 1.48 bits per heavy atom. The first-order valence-corrected chi connectivity index (χ1v) is 18.0. The fourth-order valence-electron chi connectivity index (χ4n) is 5.62. The highest BCUT2D eigenvalue weighted by Gasteiger charge is 2.36. The Hall–Kier alpha value is -3.37. The lowest BCUT2D eigenvalue weighted by Gasteiger charge is -2.34. The number of nitrogens with one attached hydrogen (secondary N) is 1. The molecule has 11 heteroatoms. The van der Waals surface area contributed by atoms with Crippen LogP contribution in [0.25, 0.3) is 0 Å². The van der Waals surface area contributed by atoms with Crippen LogP contribution in [-0.2, 0) is 32.6 Å². The lowest BCUT2D eigenvalue weighted by molar-refractivity contribution is -0.140. The fraction of sp³-hybridized carbons (Fsp3) is 0.257. The molecule has 0 spiro atoms. The van der Waals surface area contributed by atoms with Gasteiger partial charge in [0.25, 0.3) is 10.0 Å². The highest BCUT2D eigenvalue weighted by Crippen LogP contribution is 2.33. The molecule has 4 aromatic rings. The van der Waals surface area contributed by atoms with Gasteiger partial charge in [0.15, 0.2) is 0 Å². The van der Waals surface area contributed by atoms with Crippen molar-refractivity contribution in [2.45, 2.75) is 55.6 Å². The number of amides is 2. The second kappa shape index (κ2) is 15.5. The molecule has 5 rings (SSSR count). The van der Waals surface area contributed by atoms with Crippen molar-refractivity contribution in [1.29, 1.82) is 0 Å². The maximum atomic E-state index is 14.6. The van der Waals surface area contributed by atoms with Gasteiger partial charge in [0.1, 0.15) is 12.6 Å². The third-order valence-corrected chi connectivity index (χ3v) is 10.9. The van der Waals surface area contributed by atoms with Crippen LogP contribution in [0, 0.1) is 0 Å². The standard InChI is InChI=1S/C35H34BrCl2N3O4S/c36-27-17-15-26(16-18-27)23-40(33(21-25-9-3-1-4-10-25)35(43)39-29-11-7-8-12-29)34(42)24-41(32-20-19-28(37)22-31(32)38)46(44,45)30-13-5-2-6-14-30/h1-6,9-10,13-20,22,29,33H,7-8,11-12,21,23-24H2,(H,39,43)/t33-/m1/s1. The zero-order valence-electron chi connectivity index (χ0n) is 25.0. The SMILES string of the molecule is O=C(NC1CCCC1)[C@@H](Cc1ccccc1)N(Cc1ccc(Br)cc1)C(=O)CN(c1ccc(Cl)cc1Cl)S(=O)(=O)c1ccccc1. The summed E-state index contributed by atoms with van der Waals surface area (Å²) in [6.45, 7) is -0.521. The van der Waals surface area contributed by atoms with Gasteiger partial charge in [-0.05, 0) is 66.4 Å². The lowest BCUT2D eigenvalue weighted by atomic mass is 10.0. The molecule has 7 nitrogen and oxygen atoms in total. The molecule has 4 aromatic carbocycles. The van der Waals surface area contributed by atoms with Crippen LogP contribution in [0.5, 0.6) is 0 Å². The van der Waals surface area contributed by atoms with E-state index in [4.69, 9.17) is 23.2 Å². The summed E-state index contributed by atoms with van der Waals surface area (Å²) in [5, 5.41) is 3.57. The highest BCUT2D eigenvalue weighted by molar-refractivity contribution is 9.10. The maximum Gasteiger partial charge on any atom is 0.264 e. The summed E-state index contributed by atoms with van der Waals surface area (Å²) in [5.74, 6) is -0.834. The van der Waals surface area contributed by atoms with E-state index < -0.39 is 28.5 Å². The van der Waals surface area contributed by atoms with Gasteiger partial charge in [0, 0.05) is 28.5 Å². The zero-order chi connectivity index (χ0) is 32.7. The van der Waals surface area contributed by atoms with Crippen molar-refractivity contribution in [2.24, 2.45) is 0 Å². The molecule has 0 radical (unpaired) electrons. The van der Waals surface area contributed by atoms with Crippen LogP contribution in [-0.4, -0.2) is 43.8 Å². The second-order valence-electron chi connectivity index (χ2n) is 11.3. The van der Waals surface area contributed by atoms with Crippen LogP contribution in [0.1, 0.15) is 36.8 Å². The molecule has 0 unspecified atom stereocenters. The molecular formula is C35H34BrCl2N3O4S. The molecule has 46 heavy (non-hydrogen) atoms. The Bertz CT molecular complexity index is 1750. The van der Waals surface area contributed by atoms with Crippen molar-refractivity contribution in [3.63, 3.8) is 0 Å². The average molecular weight is 744 g/mol. The Labute approximate surface area is 288 Å². The van der Waals surface area contributed by atoms with Crippen molar-refractivity contribution in [2.75, 3.05) is 10.8 Å². The van der Waals surface area contributed by atoms with E-state index >= 15 is 0 Å². The van der Waals surface area contributed by atoms with Crippen LogP contribution in [0.3, 0.4) is 0 Å². The third-order valence-electron chi connectivity index (χ3n) is 8.03.